The molecule has 2 aromatic rings. The van der Waals surface area contributed by atoms with E-state index in [-0.39, 0.29) is 11.6 Å². The van der Waals surface area contributed by atoms with Crippen molar-refractivity contribution in [3.8, 4) is 12.1 Å². The molecule has 4 rings (SSSR count). The molecule has 2 saturated carbocycles. The van der Waals surface area contributed by atoms with Crippen LogP contribution in [0, 0.1) is 58.0 Å². The lowest BCUT2D eigenvalue weighted by Gasteiger charge is -2.28. The Labute approximate surface area is 286 Å². The van der Waals surface area contributed by atoms with Crippen LogP contribution in [0.5, 0.6) is 0 Å². The van der Waals surface area contributed by atoms with Crippen LogP contribution in [0.1, 0.15) is 171 Å². The van der Waals surface area contributed by atoms with Gasteiger partial charge in [0.15, 0.2) is 0 Å². The fourth-order valence-corrected chi connectivity index (χ4v) is 7.87. The van der Waals surface area contributed by atoms with Crippen LogP contribution in [0.15, 0.2) is 36.4 Å². The summed E-state index contributed by atoms with van der Waals surface area (Å²) in [7, 11) is 0. The van der Waals surface area contributed by atoms with E-state index >= 15 is 0 Å². The zero-order valence-corrected chi connectivity index (χ0v) is 29.7. The molecule has 0 unspecified atom stereocenters. The SMILES string of the molecule is CCCCCCC1CCC(CCc2ccc(C#N)cc2F)CC1.CCCCCCCC1CCC(CCc2ccc(C#N)cc2F)CC1. The van der Waals surface area contributed by atoms with Crippen LogP contribution in [-0.4, -0.2) is 0 Å². The van der Waals surface area contributed by atoms with Crippen LogP contribution in [-0.2, 0) is 12.8 Å². The van der Waals surface area contributed by atoms with E-state index in [9.17, 15) is 8.78 Å². The van der Waals surface area contributed by atoms with Crippen molar-refractivity contribution in [1.29, 1.82) is 10.5 Å². The lowest BCUT2D eigenvalue weighted by Crippen LogP contribution is -2.15. The quantitative estimate of drug-likeness (QED) is 0.161. The molecular formula is C43H62F2N2. The van der Waals surface area contributed by atoms with Gasteiger partial charge in [-0.05, 0) is 84.7 Å². The first-order valence-electron chi connectivity index (χ1n) is 19.3. The Morgan fingerprint density at radius 2 is 0.851 bits per heavy atom. The molecule has 47 heavy (non-hydrogen) atoms. The van der Waals surface area contributed by atoms with Gasteiger partial charge in [-0.15, -0.1) is 0 Å². The first-order chi connectivity index (χ1) is 22.9. The lowest BCUT2D eigenvalue weighted by atomic mass is 9.77. The van der Waals surface area contributed by atoms with E-state index < -0.39 is 0 Å². The van der Waals surface area contributed by atoms with Crippen molar-refractivity contribution >= 4 is 0 Å². The van der Waals surface area contributed by atoms with Crippen molar-refractivity contribution < 1.29 is 8.78 Å². The fraction of sp³-hybridized carbons (Fsp3) is 0.674. The summed E-state index contributed by atoms with van der Waals surface area (Å²) < 4.78 is 27.8. The summed E-state index contributed by atoms with van der Waals surface area (Å²) in [4.78, 5) is 0. The van der Waals surface area contributed by atoms with Crippen LogP contribution in [0.3, 0.4) is 0 Å². The molecule has 4 heteroatoms. The van der Waals surface area contributed by atoms with Gasteiger partial charge in [0, 0.05) is 0 Å². The zero-order valence-electron chi connectivity index (χ0n) is 29.7. The highest BCUT2D eigenvalue weighted by Gasteiger charge is 2.22. The molecule has 0 N–H and O–H groups in total. The van der Waals surface area contributed by atoms with Crippen LogP contribution in [0.25, 0.3) is 0 Å². The Morgan fingerprint density at radius 3 is 1.19 bits per heavy atom. The zero-order chi connectivity index (χ0) is 33.7. The van der Waals surface area contributed by atoms with Gasteiger partial charge in [-0.3, -0.25) is 0 Å². The third-order valence-corrected chi connectivity index (χ3v) is 11.1. The average molecular weight is 645 g/mol. The van der Waals surface area contributed by atoms with Crippen molar-refractivity contribution in [2.75, 3.05) is 0 Å². The molecule has 0 aliphatic heterocycles. The average Bonchev–Trinajstić information content (AvgIpc) is 3.10. The van der Waals surface area contributed by atoms with Crippen LogP contribution in [0.4, 0.5) is 8.78 Å². The maximum atomic E-state index is 13.9. The first kappa shape index (κ1) is 38.7. The summed E-state index contributed by atoms with van der Waals surface area (Å²) in [5.74, 6) is 2.97. The van der Waals surface area contributed by atoms with Gasteiger partial charge in [-0.25, -0.2) is 8.78 Å². The topological polar surface area (TPSA) is 47.6 Å². The number of unbranched alkanes of at least 4 members (excludes halogenated alkanes) is 7. The number of nitriles is 2. The van der Waals surface area contributed by atoms with E-state index in [1.807, 2.05) is 12.1 Å². The number of aryl methyl sites for hydroxylation is 2. The Morgan fingerprint density at radius 1 is 0.511 bits per heavy atom. The number of benzene rings is 2. The van der Waals surface area contributed by atoms with Gasteiger partial charge < -0.3 is 0 Å². The molecule has 0 radical (unpaired) electrons. The summed E-state index contributed by atoms with van der Waals surface area (Å²) in [5, 5.41) is 17.6. The van der Waals surface area contributed by atoms with E-state index in [0.29, 0.717) is 11.1 Å². The first-order valence-corrected chi connectivity index (χ1v) is 19.3. The van der Waals surface area contributed by atoms with Crippen molar-refractivity contribution in [2.24, 2.45) is 23.7 Å². The predicted molar refractivity (Wildman–Crippen MR) is 192 cm³/mol. The molecule has 2 aliphatic carbocycles. The highest BCUT2D eigenvalue weighted by atomic mass is 19.1. The summed E-state index contributed by atoms with van der Waals surface area (Å²) >= 11 is 0. The van der Waals surface area contributed by atoms with Crippen LogP contribution >= 0.6 is 0 Å². The van der Waals surface area contributed by atoms with E-state index in [1.165, 1.54) is 134 Å². The van der Waals surface area contributed by atoms with E-state index in [2.05, 4.69) is 13.8 Å². The van der Waals surface area contributed by atoms with Gasteiger partial charge >= 0.3 is 0 Å². The third kappa shape index (κ3) is 14.9. The molecular weight excluding hydrogens is 582 g/mol. The van der Waals surface area contributed by atoms with Crippen molar-refractivity contribution in [1.82, 2.24) is 0 Å². The summed E-state index contributed by atoms with van der Waals surface area (Å²) in [6.45, 7) is 4.53. The number of hydrogen-bond acceptors (Lipinski definition) is 2. The molecule has 0 spiro atoms. The van der Waals surface area contributed by atoms with E-state index in [1.54, 1.807) is 24.3 Å². The molecule has 2 nitrogen and oxygen atoms in total. The maximum Gasteiger partial charge on any atom is 0.127 e. The second-order valence-electron chi connectivity index (χ2n) is 14.7. The van der Waals surface area contributed by atoms with E-state index in [0.717, 1.165) is 60.5 Å². The van der Waals surface area contributed by atoms with Crippen molar-refractivity contribution in [3.63, 3.8) is 0 Å². The van der Waals surface area contributed by atoms with Gasteiger partial charge in [0.05, 0.1) is 23.3 Å². The summed E-state index contributed by atoms with van der Waals surface area (Å²) in [6, 6.07) is 13.7. The fourth-order valence-electron chi connectivity index (χ4n) is 7.87. The third-order valence-electron chi connectivity index (χ3n) is 11.1. The summed E-state index contributed by atoms with van der Waals surface area (Å²) in [5.41, 5.74) is 2.36. The van der Waals surface area contributed by atoms with Crippen molar-refractivity contribution in [3.05, 3.63) is 70.3 Å². The molecule has 2 aliphatic rings. The number of rotatable bonds is 17. The molecule has 0 heterocycles. The minimum absolute atomic E-state index is 0.213. The van der Waals surface area contributed by atoms with E-state index in [4.69, 9.17) is 10.5 Å². The number of nitrogens with zero attached hydrogens (tertiary/aromatic N) is 2. The Bertz CT molecular complexity index is 1230. The minimum atomic E-state index is -0.214. The van der Waals surface area contributed by atoms with Crippen LogP contribution in [0.2, 0.25) is 0 Å². The Hall–Kier alpha value is -2.72. The largest absolute Gasteiger partial charge is 0.207 e. The predicted octanol–water partition coefficient (Wildman–Crippen LogP) is 13.2. The monoisotopic (exact) mass is 644 g/mol. The molecule has 258 valence electrons. The van der Waals surface area contributed by atoms with Gasteiger partial charge in [-0.2, -0.15) is 10.5 Å². The lowest BCUT2D eigenvalue weighted by molar-refractivity contribution is 0.248. The van der Waals surface area contributed by atoms with Crippen LogP contribution < -0.4 is 0 Å². The molecule has 0 atom stereocenters. The number of halogens is 2. The molecule has 2 aromatic carbocycles. The minimum Gasteiger partial charge on any atom is -0.207 e. The molecule has 0 saturated heterocycles. The molecule has 0 bridgehead atoms. The van der Waals surface area contributed by atoms with Gasteiger partial charge in [-0.1, -0.05) is 148 Å². The Balaban J connectivity index is 0.000000256. The second-order valence-corrected chi connectivity index (χ2v) is 14.7. The van der Waals surface area contributed by atoms with Crippen molar-refractivity contribution in [2.45, 2.75) is 162 Å². The van der Waals surface area contributed by atoms with Gasteiger partial charge in [0.25, 0.3) is 0 Å². The highest BCUT2D eigenvalue weighted by Crippen LogP contribution is 2.36. The second kappa shape index (κ2) is 22.8. The van der Waals surface area contributed by atoms with Gasteiger partial charge in [0.1, 0.15) is 11.6 Å². The molecule has 2 fully saturated rings. The standard InChI is InChI=1S/C22H32FN.C21H30FN/c1-2-3-4-5-6-7-18-8-10-19(11-9-18)12-14-21-15-13-20(17-24)16-22(21)23;1-2-3-4-5-6-17-7-9-18(10-8-17)11-13-20-14-12-19(16-23)15-21(20)22/h13,15-16,18-19H,2-12,14H2,1H3;12,14-15,17-18H,2-11,13H2,1H3. The maximum absolute atomic E-state index is 13.9. The molecule has 0 aromatic heterocycles. The highest BCUT2D eigenvalue weighted by molar-refractivity contribution is 5.33. The normalized spacial score (nSPS) is 20.9. The Kier molecular flexibility index (Phi) is 18.8. The number of hydrogen-bond donors (Lipinski definition) is 0. The van der Waals surface area contributed by atoms with Gasteiger partial charge in [0.2, 0.25) is 0 Å². The smallest absolute Gasteiger partial charge is 0.127 e. The molecule has 0 amide bonds. The summed E-state index contributed by atoms with van der Waals surface area (Å²) in [6.07, 6.45) is 29.8.